The first-order chi connectivity index (χ1) is 9.95. The predicted octanol–water partition coefficient (Wildman–Crippen LogP) is 3.09. The molecule has 2 aromatic carbocycles. The monoisotopic (exact) mass is 321 g/mol. The summed E-state index contributed by atoms with van der Waals surface area (Å²) >= 11 is 6.02. The fourth-order valence-corrected chi connectivity index (χ4v) is 4.18. The zero-order valence-electron chi connectivity index (χ0n) is 11.6. The Morgan fingerprint density at radius 1 is 1.10 bits per heavy atom. The molecule has 0 spiro atoms. The fraction of sp³-hybridized carbons (Fsp3) is 0.250. The van der Waals surface area contributed by atoms with Crippen molar-refractivity contribution in [2.75, 3.05) is 0 Å². The van der Waals surface area contributed by atoms with Crippen molar-refractivity contribution < 1.29 is 8.42 Å². The zero-order chi connectivity index (χ0) is 15.0. The van der Waals surface area contributed by atoms with Gasteiger partial charge in [0.05, 0.1) is 4.90 Å². The van der Waals surface area contributed by atoms with Gasteiger partial charge >= 0.3 is 0 Å². The van der Waals surface area contributed by atoms with Crippen molar-refractivity contribution in [3.63, 3.8) is 0 Å². The molecule has 21 heavy (non-hydrogen) atoms. The van der Waals surface area contributed by atoms with Gasteiger partial charge in [0.15, 0.2) is 0 Å². The first-order valence-corrected chi connectivity index (χ1v) is 8.67. The highest BCUT2D eigenvalue weighted by Crippen LogP contribution is 2.24. The third kappa shape index (κ3) is 2.98. The van der Waals surface area contributed by atoms with Crippen molar-refractivity contribution >= 4 is 21.6 Å². The lowest BCUT2D eigenvalue weighted by molar-refractivity contribution is 0.555. The predicted molar refractivity (Wildman–Crippen MR) is 84.1 cm³/mol. The Labute approximate surface area is 130 Å². The Morgan fingerprint density at radius 3 is 2.29 bits per heavy atom. The van der Waals surface area contributed by atoms with Crippen LogP contribution in [0.15, 0.2) is 47.4 Å². The number of sulfonamides is 1. The van der Waals surface area contributed by atoms with E-state index in [1.165, 1.54) is 17.2 Å². The number of fused-ring (bicyclic) bond motifs is 1. The maximum absolute atomic E-state index is 12.4. The third-order valence-electron chi connectivity index (χ3n) is 3.83. The maximum Gasteiger partial charge on any atom is 0.240 e. The van der Waals surface area contributed by atoms with Gasteiger partial charge in [-0.1, -0.05) is 41.9 Å². The van der Waals surface area contributed by atoms with Crippen LogP contribution in [0.5, 0.6) is 0 Å². The molecule has 2 aromatic rings. The van der Waals surface area contributed by atoms with Gasteiger partial charge in [-0.25, -0.2) is 13.1 Å². The van der Waals surface area contributed by atoms with Crippen LogP contribution in [0.2, 0.25) is 5.02 Å². The quantitative estimate of drug-likeness (QED) is 0.944. The Morgan fingerprint density at radius 2 is 1.71 bits per heavy atom. The van der Waals surface area contributed by atoms with Crippen molar-refractivity contribution in [3.05, 3.63) is 64.2 Å². The molecule has 0 unspecified atom stereocenters. The van der Waals surface area contributed by atoms with E-state index in [-0.39, 0.29) is 10.9 Å². The molecule has 0 amide bonds. The van der Waals surface area contributed by atoms with Crippen LogP contribution in [0.1, 0.15) is 16.7 Å². The van der Waals surface area contributed by atoms with Crippen molar-refractivity contribution in [2.24, 2.45) is 0 Å². The van der Waals surface area contributed by atoms with Crippen LogP contribution in [-0.2, 0) is 22.9 Å². The average Bonchev–Trinajstić information content (AvgIpc) is 2.82. The summed E-state index contributed by atoms with van der Waals surface area (Å²) < 4.78 is 27.6. The van der Waals surface area contributed by atoms with Gasteiger partial charge in [0.25, 0.3) is 0 Å². The number of aryl methyl sites for hydroxylation is 1. The molecule has 3 rings (SSSR count). The summed E-state index contributed by atoms with van der Waals surface area (Å²) in [4.78, 5) is 0.217. The number of hydrogen-bond acceptors (Lipinski definition) is 2. The van der Waals surface area contributed by atoms with Gasteiger partial charge in [-0.3, -0.25) is 0 Å². The summed E-state index contributed by atoms with van der Waals surface area (Å²) in [6, 6.07) is 12.8. The Kier molecular flexibility index (Phi) is 3.78. The molecule has 0 aromatic heterocycles. The molecule has 0 aliphatic heterocycles. The lowest BCUT2D eigenvalue weighted by atomic mass is 10.1. The van der Waals surface area contributed by atoms with Gasteiger partial charge in [0.2, 0.25) is 10.0 Å². The van der Waals surface area contributed by atoms with Crippen LogP contribution in [0.4, 0.5) is 0 Å². The Hall–Kier alpha value is -1.36. The smallest absolute Gasteiger partial charge is 0.207 e. The largest absolute Gasteiger partial charge is 0.240 e. The number of halogens is 1. The lowest BCUT2D eigenvalue weighted by Crippen LogP contribution is -2.35. The number of nitrogens with one attached hydrogen (secondary N) is 1. The lowest BCUT2D eigenvalue weighted by Gasteiger charge is -2.13. The number of benzene rings is 2. The molecule has 0 heterocycles. The molecule has 3 nitrogen and oxygen atoms in total. The van der Waals surface area contributed by atoms with Crippen molar-refractivity contribution in [1.82, 2.24) is 4.72 Å². The minimum atomic E-state index is -3.54. The highest BCUT2D eigenvalue weighted by atomic mass is 35.5. The van der Waals surface area contributed by atoms with E-state index in [0.717, 1.165) is 18.4 Å². The molecule has 5 heteroatoms. The maximum atomic E-state index is 12.4. The second kappa shape index (κ2) is 5.44. The van der Waals surface area contributed by atoms with E-state index in [1.807, 2.05) is 31.2 Å². The summed E-state index contributed by atoms with van der Waals surface area (Å²) in [5, 5.41) is 0.465. The van der Waals surface area contributed by atoms with E-state index in [4.69, 9.17) is 11.6 Å². The SMILES string of the molecule is Cc1ccc(S(=O)(=O)NC2Cc3ccccc3C2)cc1Cl. The molecule has 1 N–H and O–H groups in total. The number of rotatable bonds is 3. The molecule has 0 atom stereocenters. The minimum Gasteiger partial charge on any atom is -0.207 e. The molecule has 0 radical (unpaired) electrons. The van der Waals surface area contributed by atoms with E-state index in [0.29, 0.717) is 5.02 Å². The second-order valence-corrected chi connectivity index (χ2v) is 7.53. The standard InChI is InChI=1S/C16H16ClNO2S/c1-11-6-7-15(10-16(11)17)21(19,20)18-14-8-12-4-2-3-5-13(12)9-14/h2-7,10,14,18H,8-9H2,1H3. The fourth-order valence-electron chi connectivity index (χ4n) is 2.67. The van der Waals surface area contributed by atoms with Crippen LogP contribution in [0.3, 0.4) is 0 Å². The summed E-state index contributed by atoms with van der Waals surface area (Å²) in [7, 11) is -3.54. The van der Waals surface area contributed by atoms with Crippen molar-refractivity contribution in [1.29, 1.82) is 0 Å². The van der Waals surface area contributed by atoms with Gasteiger partial charge in [-0.2, -0.15) is 0 Å². The first-order valence-electron chi connectivity index (χ1n) is 6.81. The van der Waals surface area contributed by atoms with Crippen LogP contribution in [-0.4, -0.2) is 14.5 Å². The minimum absolute atomic E-state index is 0.0903. The molecule has 0 saturated heterocycles. The summed E-state index contributed by atoms with van der Waals surface area (Å²) in [5.41, 5.74) is 3.29. The van der Waals surface area contributed by atoms with Crippen LogP contribution in [0.25, 0.3) is 0 Å². The first kappa shape index (κ1) is 14.6. The highest BCUT2D eigenvalue weighted by Gasteiger charge is 2.26. The van der Waals surface area contributed by atoms with Crippen LogP contribution in [0, 0.1) is 6.92 Å². The van der Waals surface area contributed by atoms with Gasteiger partial charge in [-0.15, -0.1) is 0 Å². The van der Waals surface area contributed by atoms with Crippen molar-refractivity contribution in [3.8, 4) is 0 Å². The Bertz CT molecular complexity index is 762. The van der Waals surface area contributed by atoms with Gasteiger partial charge in [-0.05, 0) is 48.6 Å². The van der Waals surface area contributed by atoms with Gasteiger partial charge in [0.1, 0.15) is 0 Å². The molecule has 0 bridgehead atoms. The third-order valence-corrected chi connectivity index (χ3v) is 5.75. The topological polar surface area (TPSA) is 46.2 Å². The van der Waals surface area contributed by atoms with Gasteiger partial charge in [0, 0.05) is 11.1 Å². The molecule has 1 aliphatic carbocycles. The molecule has 1 aliphatic rings. The normalized spacial score (nSPS) is 15.1. The van der Waals surface area contributed by atoms with Crippen molar-refractivity contribution in [2.45, 2.75) is 30.7 Å². The Balaban J connectivity index is 1.80. The van der Waals surface area contributed by atoms with Crippen LogP contribution >= 0.6 is 11.6 Å². The summed E-state index contributed by atoms with van der Waals surface area (Å²) in [5.74, 6) is 0. The van der Waals surface area contributed by atoms with Crippen LogP contribution < -0.4 is 4.72 Å². The van der Waals surface area contributed by atoms with E-state index in [2.05, 4.69) is 4.72 Å². The van der Waals surface area contributed by atoms with Gasteiger partial charge < -0.3 is 0 Å². The highest BCUT2D eigenvalue weighted by molar-refractivity contribution is 7.89. The van der Waals surface area contributed by atoms with E-state index in [9.17, 15) is 8.42 Å². The summed E-state index contributed by atoms with van der Waals surface area (Å²) in [6.45, 7) is 1.85. The average molecular weight is 322 g/mol. The van der Waals surface area contributed by atoms with E-state index < -0.39 is 10.0 Å². The second-order valence-electron chi connectivity index (χ2n) is 5.41. The molecular formula is C16H16ClNO2S. The number of hydrogen-bond donors (Lipinski definition) is 1. The zero-order valence-corrected chi connectivity index (χ0v) is 13.2. The van der Waals surface area contributed by atoms with E-state index >= 15 is 0 Å². The van der Waals surface area contributed by atoms with E-state index in [1.54, 1.807) is 12.1 Å². The molecule has 0 fully saturated rings. The molecular weight excluding hydrogens is 306 g/mol. The molecule has 110 valence electrons. The molecule has 0 saturated carbocycles. The summed E-state index contributed by atoms with van der Waals surface area (Å²) in [6.07, 6.45) is 1.46.